The Bertz CT molecular complexity index is 662. The van der Waals surface area contributed by atoms with Crippen molar-refractivity contribution in [3.63, 3.8) is 0 Å². The summed E-state index contributed by atoms with van der Waals surface area (Å²) in [5.41, 5.74) is 0.216. The van der Waals surface area contributed by atoms with Gasteiger partial charge in [0.25, 0.3) is 10.1 Å². The van der Waals surface area contributed by atoms with Crippen LogP contribution in [0.4, 0.5) is 0 Å². The van der Waals surface area contributed by atoms with Gasteiger partial charge in [-0.1, -0.05) is 36.4 Å². The molecule has 0 saturated heterocycles. The number of carboxylic acids is 2. The van der Waals surface area contributed by atoms with E-state index in [1.54, 1.807) is 6.07 Å². The van der Waals surface area contributed by atoms with Gasteiger partial charge in [0.05, 0.1) is 6.42 Å². The van der Waals surface area contributed by atoms with Crippen LogP contribution in [-0.2, 0) is 19.7 Å². The fourth-order valence-electron chi connectivity index (χ4n) is 2.16. The molecule has 1 aromatic rings. The monoisotopic (exact) mass is 338 g/mol. The smallest absolute Gasteiger partial charge is 1.00 e. The largest absolute Gasteiger partial charge is 1.00 e. The molecule has 2 unspecified atom stereocenters. The van der Waals surface area contributed by atoms with Crippen LogP contribution in [0.25, 0.3) is 0 Å². The summed E-state index contributed by atoms with van der Waals surface area (Å²) in [5, 5.41) is 18.2. The van der Waals surface area contributed by atoms with Crippen molar-refractivity contribution in [2.75, 3.05) is 0 Å². The summed E-state index contributed by atoms with van der Waals surface area (Å²) in [4.78, 5) is 22.5. The van der Waals surface area contributed by atoms with Gasteiger partial charge in [0.2, 0.25) is 4.75 Å². The Morgan fingerprint density at radius 2 is 1.77 bits per heavy atom. The average molecular weight is 338 g/mol. The summed E-state index contributed by atoms with van der Waals surface area (Å²) in [6.07, 6.45) is -0.299. The number of carboxylic acid groups (broad SMARTS) is 2. The van der Waals surface area contributed by atoms with E-state index in [9.17, 15) is 27.7 Å². The van der Waals surface area contributed by atoms with E-state index in [1.165, 1.54) is 24.3 Å². The van der Waals surface area contributed by atoms with Crippen molar-refractivity contribution < 1.29 is 63.8 Å². The third kappa shape index (κ3) is 3.96. The van der Waals surface area contributed by atoms with Gasteiger partial charge >= 0.3 is 41.5 Å². The summed E-state index contributed by atoms with van der Waals surface area (Å²) >= 11 is 0. The summed E-state index contributed by atoms with van der Waals surface area (Å²) in [6, 6.07) is 7.54. The Morgan fingerprint density at radius 3 is 2.09 bits per heavy atom. The van der Waals surface area contributed by atoms with Crippen molar-refractivity contribution in [2.24, 2.45) is 0 Å². The summed E-state index contributed by atoms with van der Waals surface area (Å²) < 4.78 is 29.8. The minimum Gasteiger partial charge on any atom is -1.00 e. The van der Waals surface area contributed by atoms with E-state index in [1.807, 2.05) is 0 Å². The molecule has 7 nitrogen and oxygen atoms in total. The molecule has 0 amide bonds. The van der Waals surface area contributed by atoms with E-state index in [0.717, 1.165) is 6.08 Å². The fraction of sp³-hybridized carbons (Fsp3) is 0.231. The molecule has 0 spiro atoms. The van der Waals surface area contributed by atoms with Crippen LogP contribution in [0.15, 0.2) is 43.0 Å². The van der Waals surface area contributed by atoms with Gasteiger partial charge in [-0.15, -0.1) is 6.58 Å². The van der Waals surface area contributed by atoms with Crippen LogP contribution in [0.2, 0.25) is 0 Å². The second-order valence-corrected chi connectivity index (χ2v) is 6.04. The molecule has 0 aromatic heterocycles. The molecule has 0 aliphatic heterocycles. The molecule has 0 aliphatic carbocycles. The van der Waals surface area contributed by atoms with Crippen molar-refractivity contribution in [2.45, 2.75) is 17.1 Å². The SMILES string of the molecule is C=CC(c1ccccc1)C(CC(=O)O)(C(=O)O)S(=O)(=O)O.[H-].[Na+]. The van der Waals surface area contributed by atoms with Crippen molar-refractivity contribution in [1.82, 2.24) is 0 Å². The minimum atomic E-state index is -5.23. The minimum absolute atomic E-state index is 0. The zero-order valence-corrected chi connectivity index (χ0v) is 14.7. The van der Waals surface area contributed by atoms with Crippen LogP contribution in [0.5, 0.6) is 0 Å². The molecule has 0 aliphatic rings. The number of benzene rings is 1. The molecule has 22 heavy (non-hydrogen) atoms. The molecule has 0 bridgehead atoms. The van der Waals surface area contributed by atoms with Gasteiger partial charge in [-0.2, -0.15) is 8.42 Å². The molecule has 0 radical (unpaired) electrons. The predicted molar refractivity (Wildman–Crippen MR) is 74.7 cm³/mol. The van der Waals surface area contributed by atoms with E-state index in [4.69, 9.17) is 5.11 Å². The second-order valence-electron chi connectivity index (χ2n) is 4.36. The molecule has 0 heterocycles. The van der Waals surface area contributed by atoms with Gasteiger partial charge in [0, 0.05) is 5.92 Å². The predicted octanol–water partition coefficient (Wildman–Crippen LogP) is -1.74. The van der Waals surface area contributed by atoms with Gasteiger partial charge < -0.3 is 11.6 Å². The maximum Gasteiger partial charge on any atom is 1.00 e. The quantitative estimate of drug-likeness (QED) is 0.306. The first-order valence-corrected chi connectivity index (χ1v) is 7.20. The Hall–Kier alpha value is -1.19. The Morgan fingerprint density at radius 1 is 1.27 bits per heavy atom. The van der Waals surface area contributed by atoms with E-state index >= 15 is 0 Å². The molecule has 1 rings (SSSR count). The van der Waals surface area contributed by atoms with Gasteiger partial charge in [-0.05, 0) is 5.56 Å². The average Bonchev–Trinajstić information content (AvgIpc) is 2.37. The van der Waals surface area contributed by atoms with Gasteiger partial charge in [-0.3, -0.25) is 14.1 Å². The van der Waals surface area contributed by atoms with E-state index in [0.29, 0.717) is 0 Å². The van der Waals surface area contributed by atoms with Crippen LogP contribution < -0.4 is 29.6 Å². The maximum atomic E-state index is 11.7. The normalized spacial score (nSPS) is 15.0. The first kappa shape index (κ1) is 20.8. The molecule has 1 aromatic carbocycles. The number of hydrogen-bond donors (Lipinski definition) is 3. The number of aliphatic carboxylic acids is 2. The van der Waals surface area contributed by atoms with E-state index in [-0.39, 0.29) is 36.5 Å². The zero-order chi connectivity index (χ0) is 16.3. The molecular weight excluding hydrogens is 323 g/mol. The van der Waals surface area contributed by atoms with Crippen LogP contribution in [0, 0.1) is 0 Å². The molecule has 116 valence electrons. The molecule has 2 atom stereocenters. The van der Waals surface area contributed by atoms with E-state index < -0.39 is 39.1 Å². The molecule has 9 heteroatoms. The van der Waals surface area contributed by atoms with Crippen molar-refractivity contribution in [3.8, 4) is 0 Å². The van der Waals surface area contributed by atoms with Crippen LogP contribution in [-0.4, -0.2) is 39.9 Å². The molecular formula is C13H15NaO7S. The van der Waals surface area contributed by atoms with Gasteiger partial charge in [0.1, 0.15) is 0 Å². The number of allylic oxidation sites excluding steroid dienone is 1. The first-order chi connectivity index (χ1) is 9.66. The number of rotatable bonds is 7. The third-order valence-corrected chi connectivity index (χ3v) is 4.63. The Labute approximate surface area is 151 Å². The van der Waals surface area contributed by atoms with Crippen molar-refractivity contribution in [3.05, 3.63) is 48.6 Å². The number of hydrogen-bond acceptors (Lipinski definition) is 4. The van der Waals surface area contributed by atoms with Crippen LogP contribution in [0.3, 0.4) is 0 Å². The molecule has 0 saturated carbocycles. The standard InChI is InChI=1S/C13H14O7S.Na.H/c1-2-10(9-6-4-3-5-7-9)13(12(16)17,8-11(14)15)21(18,19)20;;/h2-7,10H,1,8H2,(H,14,15)(H,16,17)(H,18,19,20);;/q;+1;-1. The fourth-order valence-corrected chi connectivity index (χ4v) is 3.24. The van der Waals surface area contributed by atoms with Gasteiger partial charge in [-0.25, -0.2) is 0 Å². The Kier molecular flexibility index (Phi) is 7.46. The van der Waals surface area contributed by atoms with Crippen LogP contribution >= 0.6 is 0 Å². The third-order valence-electron chi connectivity index (χ3n) is 3.13. The number of carbonyl (C=O) groups is 2. The maximum absolute atomic E-state index is 11.7. The van der Waals surface area contributed by atoms with Crippen molar-refractivity contribution in [1.29, 1.82) is 0 Å². The Balaban J connectivity index is 0. The second kappa shape index (κ2) is 7.89. The van der Waals surface area contributed by atoms with E-state index in [2.05, 4.69) is 6.58 Å². The topological polar surface area (TPSA) is 129 Å². The zero-order valence-electron chi connectivity index (χ0n) is 12.8. The van der Waals surface area contributed by atoms with Crippen molar-refractivity contribution >= 4 is 22.1 Å². The summed E-state index contributed by atoms with van der Waals surface area (Å²) in [5.74, 6) is -5.05. The summed E-state index contributed by atoms with van der Waals surface area (Å²) in [6.45, 7) is 3.37. The summed E-state index contributed by atoms with van der Waals surface area (Å²) in [7, 11) is -5.23. The van der Waals surface area contributed by atoms with Gasteiger partial charge in [0.15, 0.2) is 0 Å². The molecule has 0 fully saturated rings. The first-order valence-electron chi connectivity index (χ1n) is 5.76. The van der Waals surface area contributed by atoms with Crippen LogP contribution in [0.1, 0.15) is 19.3 Å². The molecule has 3 N–H and O–H groups in total.